The van der Waals surface area contributed by atoms with Gasteiger partial charge in [0.25, 0.3) is 0 Å². The predicted octanol–water partition coefficient (Wildman–Crippen LogP) is 3.87. The number of carbonyl (C=O) groups excluding carboxylic acids is 1. The zero-order valence-corrected chi connectivity index (χ0v) is 14.6. The van der Waals surface area contributed by atoms with E-state index in [9.17, 15) is 4.79 Å². The van der Waals surface area contributed by atoms with E-state index in [1.54, 1.807) is 37.3 Å². The monoisotopic (exact) mass is 325 g/mol. The Morgan fingerprint density at radius 1 is 1.41 bits per heavy atom. The average molecular weight is 326 g/mol. The third kappa shape index (κ3) is 5.26. The number of methoxy groups -OCH3 is 1. The number of amides is 1. The summed E-state index contributed by atoms with van der Waals surface area (Å²) in [6, 6.07) is 3.55. The third-order valence-electron chi connectivity index (χ3n) is 2.97. The van der Waals surface area contributed by atoms with Crippen LogP contribution in [-0.4, -0.2) is 38.1 Å². The Kier molecular flexibility index (Phi) is 7.25. The molecule has 0 aliphatic rings. The van der Waals surface area contributed by atoms with E-state index < -0.39 is 0 Å². The minimum Gasteiger partial charge on any atom is -0.493 e. The molecule has 0 saturated carbocycles. The number of benzene rings is 1. The fraction of sp³-hybridized carbons (Fsp3) is 0.471. The first kappa shape index (κ1) is 18.4. The smallest absolute Gasteiger partial charge is 0.246 e. The van der Waals surface area contributed by atoms with Crippen molar-refractivity contribution < 1.29 is 14.3 Å². The lowest BCUT2D eigenvalue weighted by Crippen LogP contribution is -2.28. The number of ether oxygens (including phenoxy) is 2. The Bertz CT molecular complexity index is 541. The summed E-state index contributed by atoms with van der Waals surface area (Å²) < 4.78 is 10.8. The molecule has 1 amide bonds. The molecule has 1 aromatic rings. The van der Waals surface area contributed by atoms with Crippen LogP contribution in [0.4, 0.5) is 0 Å². The van der Waals surface area contributed by atoms with Crippen LogP contribution >= 0.6 is 11.6 Å². The van der Waals surface area contributed by atoms with Gasteiger partial charge < -0.3 is 14.4 Å². The molecule has 0 atom stereocenters. The van der Waals surface area contributed by atoms with E-state index in [4.69, 9.17) is 21.1 Å². The lowest BCUT2D eigenvalue weighted by atomic mass is 10.1. The molecule has 0 bridgehead atoms. The minimum absolute atomic E-state index is 0.0438. The molecule has 0 aromatic heterocycles. The van der Waals surface area contributed by atoms with Gasteiger partial charge in [-0.15, -0.1) is 0 Å². The normalized spacial score (nSPS) is 11.0. The van der Waals surface area contributed by atoms with Gasteiger partial charge in [0.1, 0.15) is 0 Å². The number of halogens is 1. The standard InChI is InChI=1S/C17H24ClNO3/c1-6-22-17-14(18)9-13(10-15(17)21-5)7-8-16(20)19(4)11-12(2)3/h7-10,12H,6,11H2,1-5H3/b8-7+. The Labute approximate surface area is 137 Å². The summed E-state index contributed by atoms with van der Waals surface area (Å²) in [6.45, 7) is 7.25. The van der Waals surface area contributed by atoms with Gasteiger partial charge in [0.05, 0.1) is 18.7 Å². The number of nitrogens with zero attached hydrogens (tertiary/aromatic N) is 1. The maximum absolute atomic E-state index is 12.0. The quantitative estimate of drug-likeness (QED) is 0.714. The van der Waals surface area contributed by atoms with Crippen LogP contribution in [0.3, 0.4) is 0 Å². The molecule has 4 nitrogen and oxygen atoms in total. The van der Waals surface area contributed by atoms with Crippen molar-refractivity contribution in [2.45, 2.75) is 20.8 Å². The Morgan fingerprint density at radius 3 is 2.64 bits per heavy atom. The zero-order valence-electron chi connectivity index (χ0n) is 13.9. The van der Waals surface area contributed by atoms with Crippen LogP contribution in [-0.2, 0) is 4.79 Å². The third-order valence-corrected chi connectivity index (χ3v) is 3.25. The summed E-state index contributed by atoms with van der Waals surface area (Å²) in [5, 5.41) is 0.462. The van der Waals surface area contributed by atoms with Gasteiger partial charge in [0.2, 0.25) is 5.91 Å². The lowest BCUT2D eigenvalue weighted by Gasteiger charge is -2.17. The van der Waals surface area contributed by atoms with Crippen LogP contribution in [0.25, 0.3) is 6.08 Å². The van der Waals surface area contributed by atoms with Crippen molar-refractivity contribution in [2.24, 2.45) is 5.92 Å². The molecule has 22 heavy (non-hydrogen) atoms. The van der Waals surface area contributed by atoms with Crippen molar-refractivity contribution in [3.63, 3.8) is 0 Å². The molecule has 5 heteroatoms. The number of hydrogen-bond acceptors (Lipinski definition) is 3. The van der Waals surface area contributed by atoms with Crippen molar-refractivity contribution in [3.05, 3.63) is 28.8 Å². The average Bonchev–Trinajstić information content (AvgIpc) is 2.46. The van der Waals surface area contributed by atoms with E-state index in [0.717, 1.165) is 12.1 Å². The Hall–Kier alpha value is -1.68. The van der Waals surface area contributed by atoms with E-state index >= 15 is 0 Å². The molecule has 1 aromatic carbocycles. The zero-order chi connectivity index (χ0) is 16.7. The van der Waals surface area contributed by atoms with Gasteiger partial charge in [-0.1, -0.05) is 25.4 Å². The Balaban J connectivity index is 2.92. The van der Waals surface area contributed by atoms with E-state index in [-0.39, 0.29) is 5.91 Å². The molecule has 0 radical (unpaired) electrons. The van der Waals surface area contributed by atoms with Gasteiger partial charge in [-0.05, 0) is 36.6 Å². The first-order chi connectivity index (χ1) is 10.4. The number of likely N-dealkylation sites (N-methyl/N-ethyl adjacent to an activating group) is 1. The van der Waals surface area contributed by atoms with Crippen molar-refractivity contribution in [2.75, 3.05) is 27.3 Å². The Morgan fingerprint density at radius 2 is 2.09 bits per heavy atom. The maximum atomic E-state index is 12.0. The number of rotatable bonds is 7. The fourth-order valence-corrected chi connectivity index (χ4v) is 2.33. The van der Waals surface area contributed by atoms with E-state index in [1.165, 1.54) is 6.08 Å². The molecule has 0 saturated heterocycles. The van der Waals surface area contributed by atoms with Crippen molar-refractivity contribution in [1.29, 1.82) is 0 Å². The van der Waals surface area contributed by atoms with Crippen LogP contribution in [0.2, 0.25) is 5.02 Å². The van der Waals surface area contributed by atoms with Gasteiger partial charge in [0.15, 0.2) is 11.5 Å². The van der Waals surface area contributed by atoms with Crippen LogP contribution in [0, 0.1) is 5.92 Å². The summed E-state index contributed by atoms with van der Waals surface area (Å²) in [6.07, 6.45) is 3.26. The maximum Gasteiger partial charge on any atom is 0.246 e. The van der Waals surface area contributed by atoms with Crippen LogP contribution in [0.15, 0.2) is 18.2 Å². The fourth-order valence-electron chi connectivity index (χ4n) is 2.05. The molecule has 122 valence electrons. The van der Waals surface area contributed by atoms with Crippen molar-refractivity contribution in [1.82, 2.24) is 4.90 Å². The van der Waals surface area contributed by atoms with E-state index in [0.29, 0.717) is 29.0 Å². The molecule has 0 aliphatic carbocycles. The first-order valence-corrected chi connectivity index (χ1v) is 7.70. The highest BCUT2D eigenvalue weighted by atomic mass is 35.5. The molecule has 1 rings (SSSR count). The van der Waals surface area contributed by atoms with Crippen molar-refractivity contribution >= 4 is 23.6 Å². The van der Waals surface area contributed by atoms with Crippen molar-refractivity contribution in [3.8, 4) is 11.5 Å². The molecule has 0 spiro atoms. The summed E-state index contributed by atoms with van der Waals surface area (Å²) in [5.41, 5.74) is 0.789. The second kappa shape index (κ2) is 8.69. The van der Waals surface area contributed by atoms with Crippen LogP contribution < -0.4 is 9.47 Å². The molecule has 0 N–H and O–H groups in total. The summed E-state index contributed by atoms with van der Waals surface area (Å²) in [5.74, 6) is 1.46. The van der Waals surface area contributed by atoms with Crippen LogP contribution in [0.1, 0.15) is 26.3 Å². The number of hydrogen-bond donors (Lipinski definition) is 0. The summed E-state index contributed by atoms with van der Waals surface area (Å²) in [4.78, 5) is 13.7. The van der Waals surface area contributed by atoms with Gasteiger partial charge >= 0.3 is 0 Å². The lowest BCUT2D eigenvalue weighted by molar-refractivity contribution is -0.125. The highest BCUT2D eigenvalue weighted by molar-refractivity contribution is 6.32. The van der Waals surface area contributed by atoms with Gasteiger partial charge in [-0.2, -0.15) is 0 Å². The second-order valence-corrected chi connectivity index (χ2v) is 5.82. The van der Waals surface area contributed by atoms with Gasteiger partial charge in [-0.25, -0.2) is 0 Å². The summed E-state index contributed by atoms with van der Waals surface area (Å²) in [7, 11) is 3.35. The van der Waals surface area contributed by atoms with Gasteiger partial charge in [-0.3, -0.25) is 4.79 Å². The predicted molar refractivity (Wildman–Crippen MR) is 90.7 cm³/mol. The largest absolute Gasteiger partial charge is 0.493 e. The molecule has 0 aliphatic heterocycles. The molecule has 0 unspecified atom stereocenters. The molecular weight excluding hydrogens is 302 g/mol. The molecule has 0 heterocycles. The SMILES string of the molecule is CCOc1c(Cl)cc(/C=C/C(=O)N(C)CC(C)C)cc1OC. The topological polar surface area (TPSA) is 38.8 Å². The van der Waals surface area contributed by atoms with Gasteiger partial charge in [0, 0.05) is 19.7 Å². The first-order valence-electron chi connectivity index (χ1n) is 7.32. The van der Waals surface area contributed by atoms with E-state index in [2.05, 4.69) is 13.8 Å². The minimum atomic E-state index is -0.0438. The summed E-state index contributed by atoms with van der Waals surface area (Å²) >= 11 is 6.20. The van der Waals surface area contributed by atoms with Crippen LogP contribution in [0.5, 0.6) is 11.5 Å². The second-order valence-electron chi connectivity index (χ2n) is 5.41. The highest BCUT2D eigenvalue weighted by Gasteiger charge is 2.11. The molecule has 0 fully saturated rings. The highest BCUT2D eigenvalue weighted by Crippen LogP contribution is 2.36. The molecular formula is C17H24ClNO3. The van der Waals surface area contributed by atoms with E-state index in [1.807, 2.05) is 6.92 Å². The number of carbonyl (C=O) groups is 1.